The molecule has 3 nitrogen and oxygen atoms in total. The third-order valence-corrected chi connectivity index (χ3v) is 3.75. The summed E-state index contributed by atoms with van der Waals surface area (Å²) in [6.45, 7) is 10.9. The number of hydrogen-bond donors (Lipinski definition) is 0. The SMILES string of the molecule is CCOC(=O)CC(C)(C1CC1)N(CC)CC. The largest absolute Gasteiger partial charge is 0.466 e. The Bertz CT molecular complexity index is 234. The van der Waals surface area contributed by atoms with Crippen molar-refractivity contribution in [2.45, 2.75) is 52.5 Å². The van der Waals surface area contributed by atoms with E-state index in [1.807, 2.05) is 6.92 Å². The topological polar surface area (TPSA) is 29.5 Å². The van der Waals surface area contributed by atoms with Crippen LogP contribution < -0.4 is 0 Å². The van der Waals surface area contributed by atoms with Gasteiger partial charge >= 0.3 is 5.97 Å². The smallest absolute Gasteiger partial charge is 0.307 e. The first-order valence-electron chi connectivity index (χ1n) is 6.49. The lowest BCUT2D eigenvalue weighted by Crippen LogP contribution is -2.49. The molecule has 3 heteroatoms. The summed E-state index contributed by atoms with van der Waals surface area (Å²) >= 11 is 0. The second-order valence-electron chi connectivity index (χ2n) is 4.79. The van der Waals surface area contributed by atoms with E-state index in [0.29, 0.717) is 18.9 Å². The van der Waals surface area contributed by atoms with Crippen molar-refractivity contribution in [2.24, 2.45) is 5.92 Å². The number of ether oxygens (including phenoxy) is 1. The minimum atomic E-state index is -0.0520. The number of carbonyl (C=O) groups excluding carboxylic acids is 1. The van der Waals surface area contributed by atoms with Crippen LogP contribution in [0, 0.1) is 5.92 Å². The normalized spacial score (nSPS) is 19.6. The van der Waals surface area contributed by atoms with Crippen LogP contribution in [0.15, 0.2) is 0 Å². The predicted octanol–water partition coefficient (Wildman–Crippen LogP) is 2.45. The van der Waals surface area contributed by atoms with Crippen molar-refractivity contribution in [3.63, 3.8) is 0 Å². The Hall–Kier alpha value is -0.570. The van der Waals surface area contributed by atoms with Crippen molar-refractivity contribution in [1.29, 1.82) is 0 Å². The quantitative estimate of drug-likeness (QED) is 0.626. The maximum absolute atomic E-state index is 11.7. The van der Waals surface area contributed by atoms with Crippen LogP contribution in [-0.4, -0.2) is 36.1 Å². The number of esters is 1. The lowest BCUT2D eigenvalue weighted by Gasteiger charge is -2.40. The molecular weight excluding hydrogens is 202 g/mol. The molecule has 16 heavy (non-hydrogen) atoms. The van der Waals surface area contributed by atoms with Gasteiger partial charge in [0.15, 0.2) is 0 Å². The van der Waals surface area contributed by atoms with Gasteiger partial charge in [-0.2, -0.15) is 0 Å². The van der Waals surface area contributed by atoms with Gasteiger partial charge in [0.25, 0.3) is 0 Å². The van der Waals surface area contributed by atoms with Crippen molar-refractivity contribution in [3.8, 4) is 0 Å². The van der Waals surface area contributed by atoms with Gasteiger partial charge < -0.3 is 4.74 Å². The van der Waals surface area contributed by atoms with Gasteiger partial charge in [0.1, 0.15) is 0 Å². The molecule has 0 N–H and O–H groups in total. The molecule has 0 aliphatic heterocycles. The van der Waals surface area contributed by atoms with Gasteiger partial charge in [-0.25, -0.2) is 0 Å². The number of hydrogen-bond acceptors (Lipinski definition) is 3. The van der Waals surface area contributed by atoms with E-state index in [4.69, 9.17) is 4.74 Å². The maximum Gasteiger partial charge on any atom is 0.307 e. The molecule has 0 aromatic carbocycles. The highest BCUT2D eigenvalue weighted by atomic mass is 16.5. The Morgan fingerprint density at radius 2 is 1.88 bits per heavy atom. The van der Waals surface area contributed by atoms with Crippen LogP contribution in [0.2, 0.25) is 0 Å². The van der Waals surface area contributed by atoms with E-state index in [0.717, 1.165) is 13.1 Å². The molecule has 0 aromatic rings. The average Bonchev–Trinajstić information content (AvgIpc) is 3.02. The molecular formula is C13H25NO2. The summed E-state index contributed by atoms with van der Waals surface area (Å²) < 4.78 is 5.09. The standard InChI is InChI=1S/C13H25NO2/c1-5-14(6-2)13(4,11-8-9-11)10-12(15)16-7-3/h11H,5-10H2,1-4H3. The summed E-state index contributed by atoms with van der Waals surface area (Å²) in [5, 5.41) is 0. The molecule has 1 aliphatic rings. The molecule has 0 saturated heterocycles. The zero-order valence-electron chi connectivity index (χ0n) is 11.1. The van der Waals surface area contributed by atoms with E-state index < -0.39 is 0 Å². The number of rotatable bonds is 7. The Labute approximate surface area is 99.1 Å². The molecule has 0 aromatic heterocycles. The molecule has 1 unspecified atom stereocenters. The third-order valence-electron chi connectivity index (χ3n) is 3.75. The third kappa shape index (κ3) is 2.97. The lowest BCUT2D eigenvalue weighted by molar-refractivity contribution is -0.146. The van der Waals surface area contributed by atoms with Gasteiger partial charge in [-0.3, -0.25) is 9.69 Å². The van der Waals surface area contributed by atoms with Crippen LogP contribution in [0.1, 0.15) is 47.0 Å². The monoisotopic (exact) mass is 227 g/mol. The second-order valence-corrected chi connectivity index (χ2v) is 4.79. The van der Waals surface area contributed by atoms with E-state index in [-0.39, 0.29) is 11.5 Å². The highest BCUT2D eigenvalue weighted by Crippen LogP contribution is 2.45. The molecule has 0 amide bonds. The van der Waals surface area contributed by atoms with Gasteiger partial charge in [-0.05, 0) is 45.7 Å². The van der Waals surface area contributed by atoms with Gasteiger partial charge in [0, 0.05) is 5.54 Å². The molecule has 0 bridgehead atoms. The van der Waals surface area contributed by atoms with Crippen molar-refractivity contribution < 1.29 is 9.53 Å². The number of nitrogens with zero attached hydrogens (tertiary/aromatic N) is 1. The summed E-state index contributed by atoms with van der Waals surface area (Å²) in [7, 11) is 0. The molecule has 1 rings (SSSR count). The van der Waals surface area contributed by atoms with E-state index in [2.05, 4.69) is 25.7 Å². The molecule has 1 saturated carbocycles. The summed E-state index contributed by atoms with van der Waals surface area (Å²) in [4.78, 5) is 14.1. The van der Waals surface area contributed by atoms with Gasteiger partial charge in [0.2, 0.25) is 0 Å². The van der Waals surface area contributed by atoms with Crippen molar-refractivity contribution in [1.82, 2.24) is 4.90 Å². The van der Waals surface area contributed by atoms with Gasteiger partial charge in [0.05, 0.1) is 13.0 Å². The molecule has 0 heterocycles. The van der Waals surface area contributed by atoms with E-state index in [1.165, 1.54) is 12.8 Å². The van der Waals surface area contributed by atoms with E-state index in [1.54, 1.807) is 0 Å². The second kappa shape index (κ2) is 5.67. The Kier molecular flexibility index (Phi) is 4.78. The fourth-order valence-corrected chi connectivity index (χ4v) is 2.67. The van der Waals surface area contributed by atoms with Crippen LogP contribution in [0.3, 0.4) is 0 Å². The highest BCUT2D eigenvalue weighted by Gasteiger charge is 2.46. The number of carbonyl (C=O) groups is 1. The minimum absolute atomic E-state index is 0.00968. The Morgan fingerprint density at radius 1 is 1.31 bits per heavy atom. The summed E-state index contributed by atoms with van der Waals surface area (Å²) in [6.07, 6.45) is 3.05. The zero-order valence-corrected chi connectivity index (χ0v) is 11.1. The first-order chi connectivity index (χ1) is 7.58. The van der Waals surface area contributed by atoms with E-state index in [9.17, 15) is 4.79 Å². The molecule has 1 fully saturated rings. The van der Waals surface area contributed by atoms with Crippen LogP contribution in [0.5, 0.6) is 0 Å². The van der Waals surface area contributed by atoms with Gasteiger partial charge in [-0.1, -0.05) is 13.8 Å². The van der Waals surface area contributed by atoms with Crippen molar-refractivity contribution in [3.05, 3.63) is 0 Å². The highest BCUT2D eigenvalue weighted by molar-refractivity contribution is 5.71. The Morgan fingerprint density at radius 3 is 2.25 bits per heavy atom. The molecule has 94 valence electrons. The summed E-state index contributed by atoms with van der Waals surface area (Å²) in [6, 6.07) is 0. The maximum atomic E-state index is 11.7. The average molecular weight is 227 g/mol. The van der Waals surface area contributed by atoms with Crippen LogP contribution >= 0.6 is 0 Å². The predicted molar refractivity (Wildman–Crippen MR) is 65.3 cm³/mol. The molecule has 1 atom stereocenters. The first-order valence-corrected chi connectivity index (χ1v) is 6.49. The van der Waals surface area contributed by atoms with Crippen LogP contribution in [-0.2, 0) is 9.53 Å². The van der Waals surface area contributed by atoms with Crippen LogP contribution in [0.25, 0.3) is 0 Å². The summed E-state index contributed by atoms with van der Waals surface area (Å²) in [5.41, 5.74) is 0.00968. The molecule has 1 aliphatic carbocycles. The molecule has 0 spiro atoms. The minimum Gasteiger partial charge on any atom is -0.466 e. The van der Waals surface area contributed by atoms with Crippen molar-refractivity contribution >= 4 is 5.97 Å². The van der Waals surface area contributed by atoms with E-state index >= 15 is 0 Å². The Balaban J connectivity index is 2.67. The van der Waals surface area contributed by atoms with Crippen molar-refractivity contribution in [2.75, 3.05) is 19.7 Å². The first kappa shape index (κ1) is 13.5. The fourth-order valence-electron chi connectivity index (χ4n) is 2.67. The molecule has 0 radical (unpaired) electrons. The van der Waals surface area contributed by atoms with Crippen LogP contribution in [0.4, 0.5) is 0 Å². The fraction of sp³-hybridized carbons (Fsp3) is 0.923. The lowest BCUT2D eigenvalue weighted by atomic mass is 9.89. The van der Waals surface area contributed by atoms with Gasteiger partial charge in [-0.15, -0.1) is 0 Å². The summed E-state index contributed by atoms with van der Waals surface area (Å²) in [5.74, 6) is 0.626. The zero-order chi connectivity index (χ0) is 12.2.